The molecule has 0 saturated carbocycles. The van der Waals surface area contributed by atoms with Crippen LogP contribution in [0.3, 0.4) is 0 Å². The molecular weight excluding hydrogens is 250 g/mol. The first kappa shape index (κ1) is 15.2. The summed E-state index contributed by atoms with van der Waals surface area (Å²) in [7, 11) is 0. The molecule has 0 spiro atoms. The van der Waals surface area contributed by atoms with Gasteiger partial charge in [0.2, 0.25) is 0 Å². The summed E-state index contributed by atoms with van der Waals surface area (Å²) >= 11 is 0. The van der Waals surface area contributed by atoms with E-state index >= 15 is 0 Å². The Morgan fingerprint density at radius 3 is 2.31 bits per heavy atom. The van der Waals surface area contributed by atoms with Gasteiger partial charge in [-0.2, -0.15) is 13.2 Å². The molecule has 2 nitrogen and oxygen atoms in total. The number of aliphatic hydroxyl groups is 1. The van der Waals surface area contributed by atoms with Crippen molar-refractivity contribution in [3.8, 4) is 0 Å². The van der Waals surface area contributed by atoms with E-state index in [-0.39, 0.29) is 18.0 Å². The maximum atomic E-state index is 12.6. The molecule has 0 unspecified atom stereocenters. The average Bonchev–Trinajstić information content (AvgIpc) is 2.15. The van der Waals surface area contributed by atoms with Gasteiger partial charge < -0.3 is 10.8 Å². The van der Waals surface area contributed by atoms with E-state index in [9.17, 15) is 17.6 Å². The molecule has 0 aliphatic heterocycles. The van der Waals surface area contributed by atoms with Gasteiger partial charge >= 0.3 is 6.18 Å². The fourth-order valence-corrected chi connectivity index (χ4v) is 1.20. The van der Waals surface area contributed by atoms with E-state index in [4.69, 9.17) is 10.8 Å². The number of alkyl halides is 3. The van der Waals surface area contributed by atoms with E-state index in [1.165, 1.54) is 0 Å². The lowest BCUT2D eigenvalue weighted by molar-refractivity contribution is -0.138. The van der Waals surface area contributed by atoms with Crippen LogP contribution in [0, 0.1) is 5.82 Å². The van der Waals surface area contributed by atoms with Crippen molar-refractivity contribution in [1.82, 2.24) is 0 Å². The molecule has 0 amide bonds. The molecule has 0 aliphatic rings. The lowest BCUT2D eigenvalue weighted by Crippen LogP contribution is -2.20. The quantitative estimate of drug-likeness (QED) is 0.801. The van der Waals surface area contributed by atoms with Crippen LogP contribution in [0.2, 0.25) is 0 Å². The van der Waals surface area contributed by atoms with E-state index in [2.05, 4.69) is 0 Å². The predicted molar refractivity (Wildman–Crippen MR) is 52.7 cm³/mol. The van der Waals surface area contributed by atoms with E-state index in [1.807, 2.05) is 0 Å². The van der Waals surface area contributed by atoms with Crippen molar-refractivity contribution in [3.63, 3.8) is 0 Å². The Labute approximate surface area is 95.5 Å². The van der Waals surface area contributed by atoms with Crippen molar-refractivity contribution in [1.29, 1.82) is 0 Å². The maximum absolute atomic E-state index is 12.6. The highest BCUT2D eigenvalue weighted by Gasteiger charge is 2.34. The second-order valence-electron chi connectivity index (χ2n) is 3.02. The zero-order chi connectivity index (χ0) is 11.6. The fourth-order valence-electron chi connectivity index (χ4n) is 1.20. The molecule has 0 heterocycles. The average molecular weight is 260 g/mol. The number of hydrogen-bond acceptors (Lipinski definition) is 2. The summed E-state index contributed by atoms with van der Waals surface area (Å²) in [6.07, 6.45) is -4.68. The topological polar surface area (TPSA) is 46.2 Å². The van der Waals surface area contributed by atoms with Crippen molar-refractivity contribution < 1.29 is 22.7 Å². The van der Waals surface area contributed by atoms with Crippen LogP contribution < -0.4 is 5.73 Å². The Morgan fingerprint density at radius 1 is 1.31 bits per heavy atom. The highest BCUT2D eigenvalue weighted by molar-refractivity contribution is 5.85. The zero-order valence-electron chi connectivity index (χ0n) is 7.96. The molecule has 0 aliphatic carbocycles. The monoisotopic (exact) mass is 259 g/mol. The normalized spacial score (nSPS) is 13.1. The number of halogens is 5. The second kappa shape index (κ2) is 5.47. The Morgan fingerprint density at radius 2 is 1.88 bits per heavy atom. The lowest BCUT2D eigenvalue weighted by Gasteiger charge is -2.16. The molecule has 0 aromatic heterocycles. The highest BCUT2D eigenvalue weighted by Crippen LogP contribution is 2.34. The Balaban J connectivity index is 0.00000225. The van der Waals surface area contributed by atoms with Gasteiger partial charge in [0.05, 0.1) is 18.2 Å². The van der Waals surface area contributed by atoms with Crippen LogP contribution in [-0.4, -0.2) is 11.7 Å². The molecule has 0 bridgehead atoms. The van der Waals surface area contributed by atoms with Gasteiger partial charge in [-0.25, -0.2) is 4.39 Å². The van der Waals surface area contributed by atoms with Crippen molar-refractivity contribution in [2.75, 3.05) is 6.61 Å². The van der Waals surface area contributed by atoms with Crippen molar-refractivity contribution in [2.24, 2.45) is 5.73 Å². The van der Waals surface area contributed by atoms with Crippen LogP contribution in [0.5, 0.6) is 0 Å². The van der Waals surface area contributed by atoms with Crippen LogP contribution in [-0.2, 0) is 6.18 Å². The van der Waals surface area contributed by atoms with Crippen LogP contribution in [0.15, 0.2) is 18.2 Å². The molecule has 0 saturated heterocycles. The summed E-state index contributed by atoms with van der Waals surface area (Å²) in [5, 5.41) is 8.66. The van der Waals surface area contributed by atoms with Gasteiger partial charge in [0, 0.05) is 0 Å². The minimum Gasteiger partial charge on any atom is -0.394 e. The van der Waals surface area contributed by atoms with Gasteiger partial charge in [-0.05, 0) is 17.7 Å². The van der Waals surface area contributed by atoms with E-state index in [1.54, 1.807) is 0 Å². The third kappa shape index (κ3) is 3.33. The van der Waals surface area contributed by atoms with Crippen molar-refractivity contribution in [3.05, 3.63) is 35.1 Å². The first-order valence-electron chi connectivity index (χ1n) is 4.09. The largest absolute Gasteiger partial charge is 0.416 e. The van der Waals surface area contributed by atoms with Crippen LogP contribution in [0.1, 0.15) is 17.2 Å². The van der Waals surface area contributed by atoms with Crippen molar-refractivity contribution in [2.45, 2.75) is 12.2 Å². The maximum Gasteiger partial charge on any atom is 0.416 e. The first-order chi connectivity index (χ1) is 6.86. The van der Waals surface area contributed by atoms with Gasteiger partial charge in [-0.1, -0.05) is 6.07 Å². The molecule has 0 fully saturated rings. The standard InChI is InChI=1S/C9H9F4NO.ClH/c10-5-1-2-6(8(14)4-15)7(3-5)9(11,12)13;/h1-3,8,15H,4,14H2;1H/t8-;/m1./s1. The molecule has 1 atom stereocenters. The SMILES string of the molecule is Cl.N[C@H](CO)c1ccc(F)cc1C(F)(F)F. The fraction of sp³-hybridized carbons (Fsp3) is 0.333. The number of nitrogens with two attached hydrogens (primary N) is 1. The number of rotatable bonds is 2. The van der Waals surface area contributed by atoms with Crippen LogP contribution in [0.4, 0.5) is 17.6 Å². The van der Waals surface area contributed by atoms with Gasteiger partial charge in [0.15, 0.2) is 0 Å². The summed E-state index contributed by atoms with van der Waals surface area (Å²) in [6, 6.07) is 1.01. The smallest absolute Gasteiger partial charge is 0.394 e. The summed E-state index contributed by atoms with van der Waals surface area (Å²) in [5.41, 5.74) is 3.81. The lowest BCUT2D eigenvalue weighted by atomic mass is 10.0. The van der Waals surface area contributed by atoms with Gasteiger partial charge in [0.25, 0.3) is 0 Å². The molecule has 1 aromatic rings. The zero-order valence-corrected chi connectivity index (χ0v) is 8.78. The van der Waals surface area contributed by atoms with Crippen LogP contribution >= 0.6 is 12.4 Å². The second-order valence-corrected chi connectivity index (χ2v) is 3.02. The molecule has 1 aromatic carbocycles. The van der Waals surface area contributed by atoms with Gasteiger partial charge in [-0.3, -0.25) is 0 Å². The summed E-state index contributed by atoms with van der Waals surface area (Å²) in [4.78, 5) is 0. The first-order valence-corrected chi connectivity index (χ1v) is 4.09. The predicted octanol–water partition coefficient (Wildman–Crippen LogP) is 2.26. The Bertz CT molecular complexity index is 356. The Hall–Kier alpha value is -0.850. The molecule has 0 radical (unpaired) electrons. The minimum absolute atomic E-state index is 0. The summed E-state index contributed by atoms with van der Waals surface area (Å²) < 4.78 is 49.9. The third-order valence-corrected chi connectivity index (χ3v) is 1.92. The molecular formula is C9H10ClF4NO. The van der Waals surface area contributed by atoms with E-state index in [0.29, 0.717) is 6.07 Å². The minimum atomic E-state index is -4.68. The van der Waals surface area contributed by atoms with E-state index in [0.717, 1.165) is 12.1 Å². The van der Waals surface area contributed by atoms with Gasteiger partial charge in [-0.15, -0.1) is 12.4 Å². The third-order valence-electron chi connectivity index (χ3n) is 1.92. The van der Waals surface area contributed by atoms with Crippen LogP contribution in [0.25, 0.3) is 0 Å². The molecule has 92 valence electrons. The molecule has 7 heteroatoms. The van der Waals surface area contributed by atoms with Gasteiger partial charge in [0.1, 0.15) is 5.82 Å². The Kier molecular flexibility index (Phi) is 5.18. The number of hydrogen-bond donors (Lipinski definition) is 2. The van der Waals surface area contributed by atoms with Crippen molar-refractivity contribution >= 4 is 12.4 Å². The summed E-state index contributed by atoms with van der Waals surface area (Å²) in [6.45, 7) is -0.630. The summed E-state index contributed by atoms with van der Waals surface area (Å²) in [5.74, 6) is -0.990. The highest BCUT2D eigenvalue weighted by atomic mass is 35.5. The molecule has 1 rings (SSSR count). The molecule has 16 heavy (non-hydrogen) atoms. The molecule has 3 N–H and O–H groups in total. The van der Waals surface area contributed by atoms with E-state index < -0.39 is 30.2 Å². The number of aliphatic hydroxyl groups excluding tert-OH is 1. The number of benzene rings is 1.